The summed E-state index contributed by atoms with van der Waals surface area (Å²) in [5, 5.41) is 7.83. The molecular weight excluding hydrogens is 338 g/mol. The first-order chi connectivity index (χ1) is 12.2. The molecule has 25 heavy (non-hydrogen) atoms. The molecule has 0 unspecified atom stereocenters. The Bertz CT molecular complexity index is 859. The van der Waals surface area contributed by atoms with Crippen molar-refractivity contribution in [1.29, 1.82) is 0 Å². The number of ether oxygens (including phenoxy) is 1. The fourth-order valence-electron chi connectivity index (χ4n) is 2.43. The summed E-state index contributed by atoms with van der Waals surface area (Å²) in [5.74, 6) is 0.339. The van der Waals surface area contributed by atoms with Crippen LogP contribution in [0.1, 0.15) is 22.8 Å². The van der Waals surface area contributed by atoms with Gasteiger partial charge in [-0.2, -0.15) is 5.10 Å². The Morgan fingerprint density at radius 1 is 1.20 bits per heavy atom. The van der Waals surface area contributed by atoms with E-state index in [1.165, 1.54) is 0 Å². The van der Waals surface area contributed by atoms with E-state index >= 15 is 0 Å². The zero-order valence-electron chi connectivity index (χ0n) is 13.8. The maximum Gasteiger partial charge on any atom is 0.259 e. The average molecular weight is 356 g/mol. The molecule has 5 nitrogen and oxygen atoms in total. The van der Waals surface area contributed by atoms with Gasteiger partial charge in [-0.3, -0.25) is 9.48 Å². The minimum absolute atomic E-state index is 0.227. The standard InChI is InChI=1S/C19H18ClN3O2/c1-2-25-18-6-4-3-5-17(18)19(24)22-16-11-21-23(13-16)12-14-7-9-15(20)10-8-14/h3-11,13H,2,12H2,1H3,(H,22,24). The van der Waals surface area contributed by atoms with E-state index in [-0.39, 0.29) is 5.91 Å². The Kier molecular flexibility index (Phi) is 5.36. The summed E-state index contributed by atoms with van der Waals surface area (Å²) >= 11 is 5.89. The van der Waals surface area contributed by atoms with E-state index in [2.05, 4.69) is 10.4 Å². The third-order valence-corrected chi connectivity index (χ3v) is 3.83. The van der Waals surface area contributed by atoms with Gasteiger partial charge in [0.05, 0.1) is 30.6 Å². The molecule has 1 N–H and O–H groups in total. The van der Waals surface area contributed by atoms with Crippen molar-refractivity contribution in [2.45, 2.75) is 13.5 Å². The first kappa shape index (κ1) is 17.0. The lowest BCUT2D eigenvalue weighted by atomic mass is 10.2. The number of amides is 1. The molecule has 0 saturated carbocycles. The van der Waals surface area contributed by atoms with Crippen molar-refractivity contribution in [1.82, 2.24) is 9.78 Å². The Morgan fingerprint density at radius 2 is 1.96 bits per heavy atom. The van der Waals surface area contributed by atoms with E-state index in [1.54, 1.807) is 35.3 Å². The van der Waals surface area contributed by atoms with Gasteiger partial charge in [0.25, 0.3) is 5.91 Å². The fourth-order valence-corrected chi connectivity index (χ4v) is 2.55. The quantitative estimate of drug-likeness (QED) is 0.719. The summed E-state index contributed by atoms with van der Waals surface area (Å²) in [6, 6.07) is 14.7. The van der Waals surface area contributed by atoms with Crippen LogP contribution in [0.2, 0.25) is 5.02 Å². The number of carbonyl (C=O) groups is 1. The second kappa shape index (κ2) is 7.85. The maximum atomic E-state index is 12.5. The molecule has 2 aromatic carbocycles. The summed E-state index contributed by atoms with van der Waals surface area (Å²) in [5.41, 5.74) is 2.20. The van der Waals surface area contributed by atoms with Crippen LogP contribution in [0.25, 0.3) is 0 Å². The van der Waals surface area contributed by atoms with E-state index in [0.29, 0.717) is 35.2 Å². The molecule has 0 saturated heterocycles. The number of para-hydroxylation sites is 1. The molecule has 0 aliphatic heterocycles. The van der Waals surface area contributed by atoms with Crippen LogP contribution in [0, 0.1) is 0 Å². The van der Waals surface area contributed by atoms with Crippen LogP contribution >= 0.6 is 11.6 Å². The van der Waals surface area contributed by atoms with E-state index < -0.39 is 0 Å². The van der Waals surface area contributed by atoms with Gasteiger partial charge in [-0.05, 0) is 36.8 Å². The van der Waals surface area contributed by atoms with Crippen molar-refractivity contribution in [2.24, 2.45) is 0 Å². The predicted molar refractivity (Wildman–Crippen MR) is 98.3 cm³/mol. The number of rotatable bonds is 6. The second-order valence-corrected chi connectivity index (χ2v) is 5.87. The number of benzene rings is 2. The van der Waals surface area contributed by atoms with Crippen molar-refractivity contribution in [3.8, 4) is 5.75 Å². The van der Waals surface area contributed by atoms with Crippen molar-refractivity contribution in [3.05, 3.63) is 77.1 Å². The number of anilines is 1. The number of nitrogens with one attached hydrogen (secondary N) is 1. The lowest BCUT2D eigenvalue weighted by Crippen LogP contribution is -2.13. The van der Waals surface area contributed by atoms with Crippen LogP contribution in [0.5, 0.6) is 5.75 Å². The summed E-state index contributed by atoms with van der Waals surface area (Å²) in [6.45, 7) is 2.99. The van der Waals surface area contributed by atoms with Gasteiger partial charge in [0.1, 0.15) is 5.75 Å². The van der Waals surface area contributed by atoms with Crippen molar-refractivity contribution in [3.63, 3.8) is 0 Å². The molecule has 6 heteroatoms. The highest BCUT2D eigenvalue weighted by atomic mass is 35.5. The Labute approximate surface area is 151 Å². The van der Waals surface area contributed by atoms with Gasteiger partial charge in [0.2, 0.25) is 0 Å². The lowest BCUT2D eigenvalue weighted by molar-refractivity contribution is 0.102. The molecule has 3 aromatic rings. The number of hydrogen-bond donors (Lipinski definition) is 1. The van der Waals surface area contributed by atoms with Crippen molar-refractivity contribution >= 4 is 23.2 Å². The molecule has 0 aliphatic rings. The van der Waals surface area contributed by atoms with Gasteiger partial charge in [-0.25, -0.2) is 0 Å². The third kappa shape index (κ3) is 4.39. The highest BCUT2D eigenvalue weighted by Crippen LogP contribution is 2.20. The van der Waals surface area contributed by atoms with Crippen LogP contribution in [0.4, 0.5) is 5.69 Å². The minimum Gasteiger partial charge on any atom is -0.493 e. The minimum atomic E-state index is -0.227. The molecule has 1 amide bonds. The Balaban J connectivity index is 1.69. The third-order valence-electron chi connectivity index (χ3n) is 3.58. The van der Waals surface area contributed by atoms with Crippen LogP contribution in [-0.2, 0) is 6.54 Å². The highest BCUT2D eigenvalue weighted by molar-refractivity contribution is 6.30. The zero-order chi connectivity index (χ0) is 17.6. The lowest BCUT2D eigenvalue weighted by Gasteiger charge is -2.09. The normalized spacial score (nSPS) is 10.5. The Morgan fingerprint density at radius 3 is 2.72 bits per heavy atom. The Hall–Kier alpha value is -2.79. The zero-order valence-corrected chi connectivity index (χ0v) is 14.5. The summed E-state index contributed by atoms with van der Waals surface area (Å²) in [7, 11) is 0. The van der Waals surface area contributed by atoms with E-state index in [1.807, 2.05) is 37.3 Å². The summed E-state index contributed by atoms with van der Waals surface area (Å²) in [4.78, 5) is 12.5. The predicted octanol–water partition coefficient (Wildman–Crippen LogP) is 4.24. The largest absolute Gasteiger partial charge is 0.493 e. The molecule has 0 bridgehead atoms. The summed E-state index contributed by atoms with van der Waals surface area (Å²) in [6.07, 6.45) is 3.41. The van der Waals surface area contributed by atoms with Crippen molar-refractivity contribution in [2.75, 3.05) is 11.9 Å². The maximum absolute atomic E-state index is 12.5. The second-order valence-electron chi connectivity index (χ2n) is 5.44. The average Bonchev–Trinajstić information content (AvgIpc) is 3.04. The smallest absolute Gasteiger partial charge is 0.259 e. The molecule has 0 atom stereocenters. The van der Waals surface area contributed by atoms with Gasteiger partial charge in [0.15, 0.2) is 0 Å². The van der Waals surface area contributed by atoms with Crippen LogP contribution in [0.3, 0.4) is 0 Å². The number of aromatic nitrogens is 2. The summed E-state index contributed by atoms with van der Waals surface area (Å²) < 4.78 is 7.25. The SMILES string of the molecule is CCOc1ccccc1C(=O)Nc1cnn(Cc2ccc(Cl)cc2)c1. The molecule has 1 heterocycles. The molecule has 0 spiro atoms. The molecule has 1 aromatic heterocycles. The monoisotopic (exact) mass is 355 g/mol. The topological polar surface area (TPSA) is 56.1 Å². The van der Waals surface area contributed by atoms with E-state index in [4.69, 9.17) is 16.3 Å². The molecule has 128 valence electrons. The van der Waals surface area contributed by atoms with Gasteiger partial charge >= 0.3 is 0 Å². The van der Waals surface area contributed by atoms with Gasteiger partial charge < -0.3 is 10.1 Å². The molecule has 3 rings (SSSR count). The number of nitrogens with zero attached hydrogens (tertiary/aromatic N) is 2. The van der Waals surface area contributed by atoms with Gasteiger partial charge in [-0.15, -0.1) is 0 Å². The van der Waals surface area contributed by atoms with E-state index in [0.717, 1.165) is 5.56 Å². The first-order valence-electron chi connectivity index (χ1n) is 7.96. The van der Waals surface area contributed by atoms with Crippen molar-refractivity contribution < 1.29 is 9.53 Å². The highest BCUT2D eigenvalue weighted by Gasteiger charge is 2.13. The fraction of sp³-hybridized carbons (Fsp3) is 0.158. The number of halogens is 1. The van der Waals surface area contributed by atoms with Crippen LogP contribution in [0.15, 0.2) is 60.9 Å². The van der Waals surface area contributed by atoms with Crippen LogP contribution < -0.4 is 10.1 Å². The number of hydrogen-bond acceptors (Lipinski definition) is 3. The molecule has 0 fully saturated rings. The number of carbonyl (C=O) groups excluding carboxylic acids is 1. The molecular formula is C19H18ClN3O2. The van der Waals surface area contributed by atoms with Gasteiger partial charge in [0, 0.05) is 11.2 Å². The van der Waals surface area contributed by atoms with Gasteiger partial charge in [-0.1, -0.05) is 35.9 Å². The van der Waals surface area contributed by atoms with E-state index in [9.17, 15) is 4.79 Å². The first-order valence-corrected chi connectivity index (χ1v) is 8.33. The van der Waals surface area contributed by atoms with Crippen LogP contribution in [-0.4, -0.2) is 22.3 Å². The molecule has 0 radical (unpaired) electrons. The molecule has 0 aliphatic carbocycles.